The Bertz CT molecular complexity index is 1300. The molecule has 1 aromatic carbocycles. The highest BCUT2D eigenvalue weighted by atomic mass is 16.4. The summed E-state index contributed by atoms with van der Waals surface area (Å²) in [4.78, 5) is 81.1. The van der Waals surface area contributed by atoms with Gasteiger partial charge in [0.15, 0.2) is 0 Å². The summed E-state index contributed by atoms with van der Waals surface area (Å²) in [6.07, 6.45) is 2.10. The number of carboxylic acid groups (broad SMARTS) is 1. The predicted molar refractivity (Wildman–Crippen MR) is 191 cm³/mol. The molecule has 2 rings (SSSR count). The molecule has 5 amide bonds. The van der Waals surface area contributed by atoms with Gasteiger partial charge in [-0.15, -0.1) is 0 Å². The molecule has 0 unspecified atom stereocenters. The molecule has 6 atom stereocenters. The van der Waals surface area contributed by atoms with Crippen LogP contribution in [0, 0.1) is 23.7 Å². The van der Waals surface area contributed by atoms with Crippen LogP contribution in [0.25, 0.3) is 0 Å². The average molecular weight is 701 g/mol. The molecule has 0 bridgehead atoms. The SMILES string of the molecule is CC(C)C[C@H](NC(=O)[C@@H]1CCCN1C(=O)[C@@H](Cc1ccccc1)NC(=O)[C@@H](N)CC(C)C)C(=O)N[C@H](CC(C)C)C(=O)N[C@H](C(=O)O)C(C)C. The molecule has 1 aliphatic rings. The minimum Gasteiger partial charge on any atom is -0.480 e. The summed E-state index contributed by atoms with van der Waals surface area (Å²) < 4.78 is 0. The zero-order valence-electron chi connectivity index (χ0n) is 31.0. The molecule has 0 saturated carbocycles. The van der Waals surface area contributed by atoms with Crippen LogP contribution in [0.3, 0.4) is 0 Å². The summed E-state index contributed by atoms with van der Waals surface area (Å²) in [6, 6.07) is 3.48. The lowest BCUT2D eigenvalue weighted by Gasteiger charge is -2.31. The first-order chi connectivity index (χ1) is 23.4. The molecule has 1 saturated heterocycles. The Labute approximate surface area is 297 Å². The van der Waals surface area contributed by atoms with Crippen LogP contribution in [0.4, 0.5) is 0 Å². The van der Waals surface area contributed by atoms with Crippen LogP contribution in [0.15, 0.2) is 30.3 Å². The lowest BCUT2D eigenvalue weighted by Crippen LogP contribution is -2.59. The van der Waals surface area contributed by atoms with Crippen LogP contribution in [-0.2, 0) is 35.2 Å². The Morgan fingerprint density at radius 1 is 0.740 bits per heavy atom. The molecular weight excluding hydrogens is 640 g/mol. The van der Waals surface area contributed by atoms with Crippen molar-refractivity contribution in [1.82, 2.24) is 26.2 Å². The van der Waals surface area contributed by atoms with E-state index in [0.717, 1.165) is 5.56 Å². The summed E-state index contributed by atoms with van der Waals surface area (Å²) in [6.45, 7) is 15.1. The number of likely N-dealkylation sites (tertiary alicyclic amines) is 1. The molecule has 0 spiro atoms. The quantitative estimate of drug-likeness (QED) is 0.126. The standard InChI is InChI=1S/C37H60N6O7/c1-21(2)17-26(38)32(44)41-29(20-25-13-10-9-11-14-25)36(48)43-16-12-15-30(43)35(47)40-27(18-22(3)4)33(45)39-28(19-23(5)6)34(46)42-31(24(7)8)37(49)50/h9-11,13-14,21-24,26-31H,12,15-20,38H2,1-8H3,(H,39,45)(H,40,47)(H,41,44)(H,42,46)(H,49,50)/t26-,27-,28+,29+,30-,31-/m0/s1. The second-order valence-electron chi connectivity index (χ2n) is 15.1. The van der Waals surface area contributed by atoms with Gasteiger partial charge in [-0.2, -0.15) is 0 Å². The number of nitrogens with two attached hydrogens (primary N) is 1. The van der Waals surface area contributed by atoms with Crippen molar-refractivity contribution in [3.63, 3.8) is 0 Å². The first kappa shape index (κ1) is 42.2. The van der Waals surface area contributed by atoms with Crippen molar-refractivity contribution in [3.05, 3.63) is 35.9 Å². The van der Waals surface area contributed by atoms with E-state index in [9.17, 15) is 33.9 Å². The zero-order chi connectivity index (χ0) is 37.7. The van der Waals surface area contributed by atoms with Crippen molar-refractivity contribution >= 4 is 35.5 Å². The molecule has 0 radical (unpaired) electrons. The van der Waals surface area contributed by atoms with Gasteiger partial charge in [0.05, 0.1) is 6.04 Å². The number of aliphatic carboxylic acids is 1. The van der Waals surface area contributed by atoms with Crippen LogP contribution < -0.4 is 27.0 Å². The summed E-state index contributed by atoms with van der Waals surface area (Å²) in [5.41, 5.74) is 6.98. The number of hydrogen-bond donors (Lipinski definition) is 6. The highest BCUT2D eigenvalue weighted by Crippen LogP contribution is 2.21. The number of rotatable bonds is 19. The fourth-order valence-corrected chi connectivity index (χ4v) is 6.16. The number of amides is 5. The molecule has 7 N–H and O–H groups in total. The maximum atomic E-state index is 14.1. The van der Waals surface area contributed by atoms with Crippen LogP contribution in [0.5, 0.6) is 0 Å². The lowest BCUT2D eigenvalue weighted by molar-refractivity contribution is -0.143. The highest BCUT2D eigenvalue weighted by molar-refractivity contribution is 5.96. The molecule has 1 fully saturated rings. The van der Waals surface area contributed by atoms with Crippen molar-refractivity contribution in [2.45, 2.75) is 130 Å². The van der Waals surface area contributed by atoms with Crippen LogP contribution in [0.1, 0.15) is 93.1 Å². The van der Waals surface area contributed by atoms with Crippen molar-refractivity contribution in [2.75, 3.05) is 6.54 Å². The Kier molecular flexibility index (Phi) is 16.9. The molecule has 50 heavy (non-hydrogen) atoms. The topological polar surface area (TPSA) is 200 Å². The first-order valence-corrected chi connectivity index (χ1v) is 17.9. The van der Waals surface area contributed by atoms with Crippen LogP contribution in [0.2, 0.25) is 0 Å². The number of nitrogens with zero attached hydrogens (tertiary/aromatic N) is 1. The molecule has 1 aliphatic heterocycles. The van der Waals surface area contributed by atoms with Crippen LogP contribution >= 0.6 is 0 Å². The maximum absolute atomic E-state index is 14.1. The van der Waals surface area contributed by atoms with Gasteiger partial charge in [-0.3, -0.25) is 24.0 Å². The normalized spacial score (nSPS) is 17.6. The van der Waals surface area contributed by atoms with Crippen molar-refractivity contribution < 1.29 is 33.9 Å². The van der Waals surface area contributed by atoms with Crippen molar-refractivity contribution in [2.24, 2.45) is 29.4 Å². The molecule has 13 nitrogen and oxygen atoms in total. The van der Waals surface area contributed by atoms with E-state index < -0.39 is 71.8 Å². The van der Waals surface area contributed by atoms with E-state index in [-0.39, 0.29) is 42.9 Å². The van der Waals surface area contributed by atoms with E-state index in [2.05, 4.69) is 21.3 Å². The summed E-state index contributed by atoms with van der Waals surface area (Å²) in [5.74, 6) is -3.94. The second kappa shape index (κ2) is 20.0. The Morgan fingerprint density at radius 3 is 1.78 bits per heavy atom. The first-order valence-electron chi connectivity index (χ1n) is 17.9. The number of hydrogen-bond acceptors (Lipinski definition) is 7. The minimum absolute atomic E-state index is 0.00572. The van der Waals surface area contributed by atoms with Gasteiger partial charge in [-0.25, -0.2) is 4.79 Å². The molecule has 1 aromatic rings. The Hall–Kier alpha value is -4.00. The van der Waals surface area contributed by atoms with Gasteiger partial charge < -0.3 is 37.0 Å². The van der Waals surface area contributed by atoms with Gasteiger partial charge in [-0.1, -0.05) is 85.7 Å². The fraction of sp³-hybridized carbons (Fsp3) is 0.676. The van der Waals surface area contributed by atoms with E-state index in [1.807, 2.05) is 71.9 Å². The molecule has 0 aromatic heterocycles. The summed E-state index contributed by atoms with van der Waals surface area (Å²) in [5, 5.41) is 20.6. The number of benzene rings is 1. The largest absolute Gasteiger partial charge is 0.480 e. The van der Waals surface area contributed by atoms with Crippen LogP contribution in [-0.4, -0.2) is 88.3 Å². The molecule has 280 valence electrons. The number of carboxylic acids is 1. The van der Waals surface area contributed by atoms with Gasteiger partial charge in [0, 0.05) is 13.0 Å². The highest BCUT2D eigenvalue weighted by Gasteiger charge is 2.40. The predicted octanol–water partition coefficient (Wildman–Crippen LogP) is 2.37. The minimum atomic E-state index is -1.17. The van der Waals surface area contributed by atoms with E-state index in [4.69, 9.17) is 5.73 Å². The molecule has 13 heteroatoms. The van der Waals surface area contributed by atoms with E-state index >= 15 is 0 Å². The number of nitrogens with one attached hydrogen (secondary N) is 4. The van der Waals surface area contributed by atoms with Gasteiger partial charge in [0.25, 0.3) is 0 Å². The van der Waals surface area contributed by atoms with E-state index in [1.165, 1.54) is 4.90 Å². The van der Waals surface area contributed by atoms with Gasteiger partial charge in [-0.05, 0) is 61.3 Å². The van der Waals surface area contributed by atoms with E-state index in [0.29, 0.717) is 25.8 Å². The smallest absolute Gasteiger partial charge is 0.326 e. The summed E-state index contributed by atoms with van der Waals surface area (Å²) in [7, 11) is 0. The average Bonchev–Trinajstić information content (AvgIpc) is 3.52. The van der Waals surface area contributed by atoms with Crippen molar-refractivity contribution in [3.8, 4) is 0 Å². The summed E-state index contributed by atoms with van der Waals surface area (Å²) >= 11 is 0. The van der Waals surface area contributed by atoms with Gasteiger partial charge in [0.2, 0.25) is 29.5 Å². The zero-order valence-corrected chi connectivity index (χ0v) is 31.0. The maximum Gasteiger partial charge on any atom is 0.326 e. The van der Waals surface area contributed by atoms with Gasteiger partial charge >= 0.3 is 5.97 Å². The molecule has 1 heterocycles. The monoisotopic (exact) mass is 700 g/mol. The third-order valence-corrected chi connectivity index (χ3v) is 8.71. The van der Waals surface area contributed by atoms with Gasteiger partial charge in [0.1, 0.15) is 30.2 Å². The third kappa shape index (κ3) is 13.4. The lowest BCUT2D eigenvalue weighted by atomic mass is 9.98. The number of carbonyl (C=O) groups is 6. The molecule has 0 aliphatic carbocycles. The Balaban J connectivity index is 2.28. The second-order valence-corrected chi connectivity index (χ2v) is 15.1. The van der Waals surface area contributed by atoms with E-state index in [1.54, 1.807) is 13.8 Å². The Morgan fingerprint density at radius 2 is 1.26 bits per heavy atom. The van der Waals surface area contributed by atoms with Crippen molar-refractivity contribution in [1.29, 1.82) is 0 Å². The third-order valence-electron chi connectivity index (χ3n) is 8.71. The molecular formula is C37H60N6O7. The fourth-order valence-electron chi connectivity index (χ4n) is 6.16. The number of carbonyl (C=O) groups excluding carboxylic acids is 5.